The van der Waals surface area contributed by atoms with E-state index < -0.39 is 0 Å². The third kappa shape index (κ3) is 3.13. The second kappa shape index (κ2) is 7.25. The van der Waals surface area contributed by atoms with E-state index in [0.29, 0.717) is 5.56 Å². The molecule has 0 N–H and O–H groups in total. The van der Waals surface area contributed by atoms with Crippen molar-refractivity contribution in [3.63, 3.8) is 0 Å². The standard InChI is InChI=1S/C26H24N2O/c1-27-16-7-11-21-18-22(13-14-24(21)27)25-23-12-6-5-8-19(23)15-17-28(25)26(29)20-9-3-2-4-10-20/h2-6,8-10,12-15,17-18,25H,7,11,16H2,1H3/t25-/m1/s1. The van der Waals surface area contributed by atoms with Crippen molar-refractivity contribution < 1.29 is 4.79 Å². The lowest BCUT2D eigenvalue weighted by Gasteiger charge is -2.35. The lowest BCUT2D eigenvalue weighted by molar-refractivity contribution is 0.0787. The van der Waals surface area contributed by atoms with Crippen molar-refractivity contribution in [2.75, 3.05) is 18.5 Å². The zero-order chi connectivity index (χ0) is 19.8. The molecule has 3 aromatic rings. The second-order valence-electron chi connectivity index (χ2n) is 7.84. The summed E-state index contributed by atoms with van der Waals surface area (Å²) in [6, 6.07) is 24.5. The fraction of sp³-hybridized carbons (Fsp3) is 0.192. The van der Waals surface area contributed by atoms with Crippen LogP contribution in [0.15, 0.2) is 79.0 Å². The number of anilines is 1. The van der Waals surface area contributed by atoms with Crippen LogP contribution >= 0.6 is 0 Å². The van der Waals surface area contributed by atoms with Gasteiger partial charge in [-0.1, -0.05) is 54.6 Å². The van der Waals surface area contributed by atoms with Gasteiger partial charge < -0.3 is 9.80 Å². The topological polar surface area (TPSA) is 23.6 Å². The lowest BCUT2D eigenvalue weighted by atomic mass is 9.88. The Kier molecular flexibility index (Phi) is 4.44. The minimum atomic E-state index is -0.124. The minimum Gasteiger partial charge on any atom is -0.374 e. The molecule has 2 aliphatic heterocycles. The van der Waals surface area contributed by atoms with Crippen molar-refractivity contribution in [2.45, 2.75) is 18.9 Å². The highest BCUT2D eigenvalue weighted by Gasteiger charge is 2.30. The number of carbonyl (C=O) groups is 1. The summed E-state index contributed by atoms with van der Waals surface area (Å²) in [6.07, 6.45) is 6.23. The molecule has 1 amide bonds. The highest BCUT2D eigenvalue weighted by Crippen LogP contribution is 2.38. The highest BCUT2D eigenvalue weighted by molar-refractivity contribution is 5.96. The zero-order valence-corrected chi connectivity index (χ0v) is 16.6. The molecule has 3 aromatic carbocycles. The van der Waals surface area contributed by atoms with Gasteiger partial charge in [0.1, 0.15) is 0 Å². The second-order valence-corrected chi connectivity index (χ2v) is 7.84. The fourth-order valence-corrected chi connectivity index (χ4v) is 4.54. The van der Waals surface area contributed by atoms with Gasteiger partial charge in [0.05, 0.1) is 6.04 Å². The molecule has 0 bridgehead atoms. The third-order valence-corrected chi connectivity index (χ3v) is 6.01. The monoisotopic (exact) mass is 380 g/mol. The first-order valence-corrected chi connectivity index (χ1v) is 10.2. The Bertz CT molecular complexity index is 1090. The van der Waals surface area contributed by atoms with Gasteiger partial charge >= 0.3 is 0 Å². The Morgan fingerprint density at radius 3 is 2.62 bits per heavy atom. The average Bonchev–Trinajstić information content (AvgIpc) is 2.78. The van der Waals surface area contributed by atoms with Gasteiger partial charge in [-0.2, -0.15) is 0 Å². The third-order valence-electron chi connectivity index (χ3n) is 6.01. The molecule has 3 heteroatoms. The first-order valence-electron chi connectivity index (χ1n) is 10.2. The highest BCUT2D eigenvalue weighted by atomic mass is 16.2. The quantitative estimate of drug-likeness (QED) is 0.603. The van der Waals surface area contributed by atoms with Gasteiger partial charge in [-0.3, -0.25) is 4.79 Å². The van der Waals surface area contributed by atoms with E-state index in [1.165, 1.54) is 34.4 Å². The first kappa shape index (κ1) is 17.7. The predicted octanol–water partition coefficient (Wildman–Crippen LogP) is 5.29. The Balaban J connectivity index is 1.62. The molecular formula is C26H24N2O. The van der Waals surface area contributed by atoms with Gasteiger partial charge in [0, 0.05) is 31.0 Å². The van der Waals surface area contributed by atoms with Gasteiger partial charge in [0.25, 0.3) is 5.91 Å². The predicted molar refractivity (Wildman–Crippen MR) is 118 cm³/mol. The number of hydrogen-bond acceptors (Lipinski definition) is 2. The van der Waals surface area contributed by atoms with Crippen LogP contribution in [-0.2, 0) is 6.42 Å². The summed E-state index contributed by atoms with van der Waals surface area (Å²) in [6.45, 7) is 1.10. The van der Waals surface area contributed by atoms with Crippen LogP contribution in [0.4, 0.5) is 5.69 Å². The van der Waals surface area contributed by atoms with Crippen molar-refractivity contribution in [3.8, 4) is 0 Å². The number of fused-ring (bicyclic) bond motifs is 2. The molecule has 0 radical (unpaired) electrons. The summed E-state index contributed by atoms with van der Waals surface area (Å²) in [5, 5.41) is 0. The van der Waals surface area contributed by atoms with Gasteiger partial charge in [0.2, 0.25) is 0 Å². The van der Waals surface area contributed by atoms with Gasteiger partial charge in [0.15, 0.2) is 0 Å². The van der Waals surface area contributed by atoms with E-state index in [4.69, 9.17) is 0 Å². The Morgan fingerprint density at radius 1 is 0.966 bits per heavy atom. The molecule has 29 heavy (non-hydrogen) atoms. The maximum atomic E-state index is 13.4. The van der Waals surface area contributed by atoms with Crippen LogP contribution in [-0.4, -0.2) is 24.4 Å². The molecule has 0 saturated heterocycles. The Labute approximate surface area is 171 Å². The Morgan fingerprint density at radius 2 is 1.76 bits per heavy atom. The summed E-state index contributed by atoms with van der Waals surface area (Å²) in [5.74, 6) is 0.0243. The van der Waals surface area contributed by atoms with Crippen LogP contribution in [0.25, 0.3) is 6.08 Å². The number of hydrogen-bond donors (Lipinski definition) is 0. The van der Waals surface area contributed by atoms with Crippen LogP contribution in [0.1, 0.15) is 45.1 Å². The molecule has 1 atom stereocenters. The molecular weight excluding hydrogens is 356 g/mol. The van der Waals surface area contributed by atoms with Crippen molar-refractivity contribution >= 4 is 17.7 Å². The summed E-state index contributed by atoms with van der Waals surface area (Å²) < 4.78 is 0. The molecule has 0 aromatic heterocycles. The number of amides is 1. The molecule has 0 aliphatic carbocycles. The molecule has 144 valence electrons. The van der Waals surface area contributed by atoms with Crippen LogP contribution in [0, 0.1) is 0 Å². The molecule has 5 rings (SSSR count). The lowest BCUT2D eigenvalue weighted by Crippen LogP contribution is -2.33. The fourth-order valence-electron chi connectivity index (χ4n) is 4.54. The zero-order valence-electron chi connectivity index (χ0n) is 16.6. The Hall–Kier alpha value is -3.33. The SMILES string of the molecule is CN1CCCc2cc([C@@H]3c4ccccc4C=CN3C(=O)c3ccccc3)ccc21. The van der Waals surface area contributed by atoms with E-state index in [9.17, 15) is 4.79 Å². The van der Waals surface area contributed by atoms with E-state index in [0.717, 1.165) is 13.0 Å². The molecule has 0 spiro atoms. The van der Waals surface area contributed by atoms with Crippen molar-refractivity contribution in [1.82, 2.24) is 4.90 Å². The molecule has 3 nitrogen and oxygen atoms in total. The maximum absolute atomic E-state index is 13.4. The van der Waals surface area contributed by atoms with E-state index in [2.05, 4.69) is 54.4 Å². The molecule has 2 aliphatic rings. The molecule has 0 saturated carbocycles. The van der Waals surface area contributed by atoms with Crippen LogP contribution in [0.3, 0.4) is 0 Å². The van der Waals surface area contributed by atoms with E-state index in [1.807, 2.05) is 47.5 Å². The summed E-state index contributed by atoms with van der Waals surface area (Å²) in [4.78, 5) is 17.6. The van der Waals surface area contributed by atoms with Gasteiger partial charge in [-0.15, -0.1) is 0 Å². The maximum Gasteiger partial charge on any atom is 0.258 e. The summed E-state index contributed by atoms with van der Waals surface area (Å²) in [7, 11) is 2.15. The van der Waals surface area contributed by atoms with E-state index in [1.54, 1.807) is 0 Å². The largest absolute Gasteiger partial charge is 0.374 e. The van der Waals surface area contributed by atoms with Crippen LogP contribution < -0.4 is 4.90 Å². The number of benzene rings is 3. The van der Waals surface area contributed by atoms with Crippen LogP contribution in [0.2, 0.25) is 0 Å². The minimum absolute atomic E-state index is 0.0243. The smallest absolute Gasteiger partial charge is 0.258 e. The van der Waals surface area contributed by atoms with Crippen molar-refractivity contribution in [2.24, 2.45) is 0 Å². The number of carbonyl (C=O) groups excluding carboxylic acids is 1. The van der Waals surface area contributed by atoms with Crippen molar-refractivity contribution in [3.05, 3.63) is 107 Å². The number of rotatable bonds is 2. The molecule has 0 unspecified atom stereocenters. The van der Waals surface area contributed by atoms with Crippen LogP contribution in [0.5, 0.6) is 0 Å². The van der Waals surface area contributed by atoms with E-state index in [-0.39, 0.29) is 11.9 Å². The van der Waals surface area contributed by atoms with Crippen molar-refractivity contribution in [1.29, 1.82) is 0 Å². The van der Waals surface area contributed by atoms with Gasteiger partial charge in [-0.25, -0.2) is 0 Å². The normalized spacial score (nSPS) is 17.6. The number of nitrogens with zero attached hydrogens (tertiary/aromatic N) is 2. The summed E-state index contributed by atoms with van der Waals surface area (Å²) >= 11 is 0. The van der Waals surface area contributed by atoms with E-state index >= 15 is 0 Å². The van der Waals surface area contributed by atoms with Gasteiger partial charge in [-0.05, 0) is 59.4 Å². The number of aryl methyl sites for hydroxylation is 1. The average molecular weight is 380 g/mol. The first-order chi connectivity index (χ1) is 14.2. The summed E-state index contributed by atoms with van der Waals surface area (Å²) in [5.41, 5.74) is 6.89. The molecule has 2 heterocycles. The molecule has 0 fully saturated rings.